The van der Waals surface area contributed by atoms with Crippen LogP contribution in [-0.2, 0) is 33.4 Å². The highest BCUT2D eigenvalue weighted by Gasteiger charge is 2.76. The molecule has 31 heavy (non-hydrogen) atoms. The molecule has 0 amide bonds. The fourth-order valence-electron chi connectivity index (χ4n) is 7.56. The van der Waals surface area contributed by atoms with E-state index in [0.29, 0.717) is 31.6 Å². The summed E-state index contributed by atoms with van der Waals surface area (Å²) < 4.78 is 16.5. The van der Waals surface area contributed by atoms with E-state index in [4.69, 9.17) is 14.2 Å². The lowest BCUT2D eigenvalue weighted by atomic mass is 9.48. The molecule has 1 saturated heterocycles. The Kier molecular flexibility index (Phi) is 4.17. The number of esters is 3. The first-order valence-corrected chi connectivity index (χ1v) is 11.3. The third-order valence-corrected chi connectivity index (χ3v) is 9.64. The maximum absolute atomic E-state index is 12.9. The van der Waals surface area contributed by atoms with Crippen molar-refractivity contribution in [2.45, 2.75) is 77.4 Å². The van der Waals surface area contributed by atoms with E-state index < -0.39 is 52.3 Å². The summed E-state index contributed by atoms with van der Waals surface area (Å²) in [6, 6.07) is 0. The van der Waals surface area contributed by atoms with Gasteiger partial charge >= 0.3 is 23.9 Å². The summed E-state index contributed by atoms with van der Waals surface area (Å²) in [4.78, 5) is 49.6. The molecule has 170 valence electrons. The first kappa shape index (κ1) is 20.8. The van der Waals surface area contributed by atoms with E-state index in [-0.39, 0.29) is 17.9 Å². The zero-order valence-electron chi connectivity index (χ0n) is 18.3. The lowest BCUT2D eigenvalue weighted by Crippen LogP contribution is -2.57. The third-order valence-electron chi connectivity index (χ3n) is 9.64. The maximum atomic E-state index is 12.9. The number of carboxylic acid groups (broad SMARTS) is 1. The molecule has 4 atom stereocenters. The normalized spacial score (nSPS) is 46.0. The predicted molar refractivity (Wildman–Crippen MR) is 104 cm³/mol. The Bertz CT molecular complexity index is 861. The number of fused-ring (bicyclic) bond motifs is 2. The maximum Gasteiger partial charge on any atom is 0.351 e. The van der Waals surface area contributed by atoms with Crippen LogP contribution in [0.25, 0.3) is 0 Å². The van der Waals surface area contributed by atoms with Crippen molar-refractivity contribution in [3.05, 3.63) is 0 Å². The van der Waals surface area contributed by atoms with Gasteiger partial charge in [-0.25, -0.2) is 9.59 Å². The molecular formula is C23H30O8. The summed E-state index contributed by atoms with van der Waals surface area (Å²) >= 11 is 0. The van der Waals surface area contributed by atoms with Gasteiger partial charge in [0.1, 0.15) is 6.10 Å². The van der Waals surface area contributed by atoms with Crippen molar-refractivity contribution in [2.75, 3.05) is 6.61 Å². The minimum Gasteiger partial charge on any atom is -0.481 e. The van der Waals surface area contributed by atoms with Gasteiger partial charge in [-0.1, -0.05) is 13.8 Å². The zero-order valence-corrected chi connectivity index (χ0v) is 18.3. The summed E-state index contributed by atoms with van der Waals surface area (Å²) in [6.07, 6.45) is 4.17. The summed E-state index contributed by atoms with van der Waals surface area (Å²) in [5.74, 6) is -1.98. The smallest absolute Gasteiger partial charge is 0.351 e. The van der Waals surface area contributed by atoms with E-state index in [1.54, 1.807) is 0 Å². The second-order valence-corrected chi connectivity index (χ2v) is 11.3. The van der Waals surface area contributed by atoms with E-state index >= 15 is 0 Å². The lowest BCUT2D eigenvalue weighted by molar-refractivity contribution is -0.198. The highest BCUT2D eigenvalue weighted by atomic mass is 16.6. The molecule has 5 saturated carbocycles. The number of ether oxygens (including phenoxy) is 3. The van der Waals surface area contributed by atoms with E-state index in [1.165, 1.54) is 0 Å². The summed E-state index contributed by atoms with van der Waals surface area (Å²) in [5.41, 5.74) is -3.51. The molecule has 0 aromatic heterocycles. The highest BCUT2D eigenvalue weighted by molar-refractivity contribution is 5.94. The number of carboxylic acids is 1. The topological polar surface area (TPSA) is 116 Å². The van der Waals surface area contributed by atoms with E-state index in [9.17, 15) is 24.3 Å². The minimum atomic E-state index is -1.37. The van der Waals surface area contributed by atoms with Gasteiger partial charge in [-0.15, -0.1) is 0 Å². The van der Waals surface area contributed by atoms with Gasteiger partial charge in [-0.2, -0.15) is 0 Å². The van der Waals surface area contributed by atoms with Crippen LogP contribution in [0.5, 0.6) is 0 Å². The average Bonchev–Trinajstić information content (AvgIpc) is 2.98. The Morgan fingerprint density at radius 3 is 2.23 bits per heavy atom. The van der Waals surface area contributed by atoms with Crippen molar-refractivity contribution < 1.29 is 38.5 Å². The van der Waals surface area contributed by atoms with Crippen LogP contribution in [0.1, 0.15) is 65.7 Å². The van der Waals surface area contributed by atoms with E-state index in [0.717, 1.165) is 19.3 Å². The average molecular weight is 434 g/mol. The van der Waals surface area contributed by atoms with Crippen molar-refractivity contribution in [3.8, 4) is 0 Å². The van der Waals surface area contributed by atoms with Crippen LogP contribution in [0.2, 0.25) is 0 Å². The number of aliphatic carboxylic acids is 1. The minimum absolute atomic E-state index is 0.0471. The molecule has 6 rings (SSSR count). The van der Waals surface area contributed by atoms with Crippen molar-refractivity contribution in [1.82, 2.24) is 0 Å². The molecule has 6 aliphatic rings. The van der Waals surface area contributed by atoms with Gasteiger partial charge in [0, 0.05) is 5.41 Å². The zero-order chi connectivity index (χ0) is 22.4. The summed E-state index contributed by atoms with van der Waals surface area (Å²) in [5, 5.41) is 9.73. The van der Waals surface area contributed by atoms with Gasteiger partial charge in [-0.3, -0.25) is 9.59 Å². The SMILES string of the molecule is CC12CCC(C(=O)OCC(=O)OC3C4CC5CC3CC(C(=O)O)(C5)C4)(OC1=O)C2(C)C. The Morgan fingerprint density at radius 1 is 1.06 bits per heavy atom. The monoisotopic (exact) mass is 434 g/mol. The van der Waals surface area contributed by atoms with Crippen LogP contribution in [0.3, 0.4) is 0 Å². The first-order valence-electron chi connectivity index (χ1n) is 11.3. The van der Waals surface area contributed by atoms with Crippen LogP contribution in [0.15, 0.2) is 0 Å². The second-order valence-electron chi connectivity index (χ2n) is 11.3. The third kappa shape index (κ3) is 2.53. The number of hydrogen-bond acceptors (Lipinski definition) is 7. The van der Waals surface area contributed by atoms with Crippen molar-refractivity contribution in [3.63, 3.8) is 0 Å². The molecule has 0 aromatic rings. The molecule has 0 radical (unpaired) electrons. The first-order chi connectivity index (χ1) is 14.4. The van der Waals surface area contributed by atoms with Crippen molar-refractivity contribution >= 4 is 23.9 Å². The second kappa shape index (κ2) is 6.23. The Balaban J connectivity index is 1.22. The van der Waals surface area contributed by atoms with Crippen molar-refractivity contribution in [1.29, 1.82) is 0 Å². The number of rotatable bonds is 5. The molecule has 1 heterocycles. The summed E-state index contributed by atoms with van der Waals surface area (Å²) in [6.45, 7) is 4.94. The molecule has 1 aliphatic heterocycles. The number of hydrogen-bond donors (Lipinski definition) is 1. The lowest BCUT2D eigenvalue weighted by Gasteiger charge is -2.57. The highest BCUT2D eigenvalue weighted by Crippen LogP contribution is 2.66. The molecule has 6 bridgehead atoms. The largest absolute Gasteiger partial charge is 0.481 e. The molecule has 0 aromatic carbocycles. The summed E-state index contributed by atoms with van der Waals surface area (Å²) in [7, 11) is 0. The molecule has 6 fully saturated rings. The fourth-order valence-corrected chi connectivity index (χ4v) is 7.56. The van der Waals surface area contributed by atoms with Gasteiger partial charge in [0.2, 0.25) is 5.60 Å². The van der Waals surface area contributed by atoms with Crippen molar-refractivity contribution in [2.24, 2.45) is 34.0 Å². The molecule has 8 heteroatoms. The fraction of sp³-hybridized carbons (Fsp3) is 0.826. The van der Waals surface area contributed by atoms with Gasteiger partial charge in [0.05, 0.1) is 10.8 Å². The molecule has 8 nitrogen and oxygen atoms in total. The van der Waals surface area contributed by atoms with Crippen LogP contribution in [0.4, 0.5) is 0 Å². The standard InChI is InChI=1S/C23H30O8/c1-20(2)21(3)4-5-23(20,31-18(21)27)19(28)29-11-15(24)30-16-13-6-12-7-14(16)10-22(8-12,9-13)17(25)26/h12-14,16H,4-11H2,1-3H3,(H,25,26). The molecular weight excluding hydrogens is 404 g/mol. The van der Waals surface area contributed by atoms with Crippen LogP contribution < -0.4 is 0 Å². The Hall–Kier alpha value is -2.12. The Labute approximate surface area is 181 Å². The van der Waals surface area contributed by atoms with Gasteiger partial charge in [-0.05, 0) is 69.6 Å². The molecule has 4 unspecified atom stereocenters. The quantitative estimate of drug-likeness (QED) is 0.518. The van der Waals surface area contributed by atoms with Crippen LogP contribution in [0, 0.1) is 34.0 Å². The van der Waals surface area contributed by atoms with Gasteiger partial charge in [0.15, 0.2) is 6.61 Å². The predicted octanol–water partition coefficient (Wildman–Crippen LogP) is 2.47. The van der Waals surface area contributed by atoms with E-state index in [2.05, 4.69) is 0 Å². The molecule has 1 N–H and O–H groups in total. The van der Waals surface area contributed by atoms with Crippen LogP contribution >= 0.6 is 0 Å². The van der Waals surface area contributed by atoms with Crippen LogP contribution in [-0.4, -0.2) is 47.3 Å². The Morgan fingerprint density at radius 2 is 1.71 bits per heavy atom. The number of carbonyl (C=O) groups excluding carboxylic acids is 3. The van der Waals surface area contributed by atoms with Gasteiger partial charge in [0.25, 0.3) is 0 Å². The van der Waals surface area contributed by atoms with Gasteiger partial charge < -0.3 is 19.3 Å². The molecule has 5 aliphatic carbocycles. The number of carbonyl (C=O) groups is 4. The molecule has 0 spiro atoms. The van der Waals surface area contributed by atoms with E-state index in [1.807, 2.05) is 20.8 Å².